The molecule has 1 heterocycles. The van der Waals surface area contributed by atoms with Crippen LogP contribution in [0.2, 0.25) is 19.6 Å². The van der Waals surface area contributed by atoms with Crippen molar-refractivity contribution in [3.63, 3.8) is 0 Å². The highest BCUT2D eigenvalue weighted by atomic mass is 28.4. The first-order valence-electron chi connectivity index (χ1n) is 16.6. The largest absolute Gasteiger partial charge is 0.414 e. The minimum Gasteiger partial charge on any atom is -0.414 e. The quantitative estimate of drug-likeness (QED) is 0.329. The van der Waals surface area contributed by atoms with E-state index in [9.17, 15) is 5.11 Å². The number of hydrogen-bond acceptors (Lipinski definition) is 5. The van der Waals surface area contributed by atoms with Crippen LogP contribution in [0.4, 0.5) is 0 Å². The van der Waals surface area contributed by atoms with E-state index in [2.05, 4.69) is 52.5 Å². The van der Waals surface area contributed by atoms with Gasteiger partial charge in [0.05, 0.1) is 12.2 Å². The summed E-state index contributed by atoms with van der Waals surface area (Å²) in [6.07, 6.45) is 14.6. The molecule has 1 aromatic rings. The van der Waals surface area contributed by atoms with Crippen molar-refractivity contribution in [1.82, 2.24) is 10.1 Å². The monoisotopic (exact) mass is 556 g/mol. The van der Waals surface area contributed by atoms with Crippen molar-refractivity contribution in [3.05, 3.63) is 11.7 Å². The molecule has 0 spiro atoms. The predicted molar refractivity (Wildman–Crippen MR) is 158 cm³/mol. The lowest BCUT2D eigenvalue weighted by molar-refractivity contribution is -0.198. The molecule has 0 aliphatic heterocycles. The number of aromatic nitrogens is 2. The Balaban J connectivity index is 1.25. The molecule has 11 atom stereocenters. The van der Waals surface area contributed by atoms with Crippen LogP contribution in [0.25, 0.3) is 0 Å². The molecule has 0 amide bonds. The molecular weight excluding hydrogens is 500 g/mol. The van der Waals surface area contributed by atoms with Crippen LogP contribution in [0.3, 0.4) is 0 Å². The maximum atomic E-state index is 10.8. The Morgan fingerprint density at radius 2 is 1.72 bits per heavy atom. The van der Waals surface area contributed by atoms with Crippen LogP contribution in [0.1, 0.15) is 116 Å². The van der Waals surface area contributed by atoms with Crippen LogP contribution in [0.15, 0.2) is 4.52 Å². The van der Waals surface area contributed by atoms with Crippen molar-refractivity contribution in [1.29, 1.82) is 0 Å². The molecule has 39 heavy (non-hydrogen) atoms. The van der Waals surface area contributed by atoms with Crippen molar-refractivity contribution in [2.24, 2.45) is 52.3 Å². The highest BCUT2D eigenvalue weighted by Crippen LogP contribution is 2.70. The van der Waals surface area contributed by atoms with Crippen LogP contribution in [-0.4, -0.2) is 35.8 Å². The van der Waals surface area contributed by atoms with Crippen molar-refractivity contribution in [3.8, 4) is 0 Å². The molecule has 5 aliphatic carbocycles. The third kappa shape index (κ3) is 5.00. The average Bonchev–Trinajstić information content (AvgIpc) is 3.50. The zero-order valence-corrected chi connectivity index (χ0v) is 26.9. The lowest BCUT2D eigenvalue weighted by Crippen LogP contribution is -2.63. The van der Waals surface area contributed by atoms with Crippen molar-refractivity contribution in [2.75, 3.05) is 0 Å². The van der Waals surface area contributed by atoms with E-state index in [-0.39, 0.29) is 6.10 Å². The summed E-state index contributed by atoms with van der Waals surface area (Å²) < 4.78 is 12.9. The van der Waals surface area contributed by atoms with Gasteiger partial charge in [-0.25, -0.2) is 0 Å². The number of hydrogen-bond donors (Lipinski definition) is 1. The number of rotatable bonds is 8. The zero-order chi connectivity index (χ0) is 27.7. The first-order valence-corrected chi connectivity index (χ1v) is 20.0. The second-order valence-corrected chi connectivity index (χ2v) is 20.6. The molecule has 5 nitrogen and oxygen atoms in total. The van der Waals surface area contributed by atoms with Gasteiger partial charge >= 0.3 is 0 Å². The van der Waals surface area contributed by atoms with Gasteiger partial charge in [0.15, 0.2) is 14.1 Å². The van der Waals surface area contributed by atoms with Crippen molar-refractivity contribution < 1.29 is 14.1 Å². The number of aliphatic hydroxyl groups is 1. The van der Waals surface area contributed by atoms with Gasteiger partial charge in [0.25, 0.3) is 0 Å². The SMILES string of the molecule is CC[C@H]1[C@@H](O[Si](C)(C)C)[C@@H]2[C@H](CC[C@]3(C)[C@@H]([C@H](C)CCc4nc(C5CC5)no4)CC[C@@H]23)[C@@]2(C)CC[C@@H](O)C[C@@H]12. The number of nitrogens with zero attached hydrogens (tertiary/aromatic N) is 2. The summed E-state index contributed by atoms with van der Waals surface area (Å²) in [5.74, 6) is 7.15. The Hall–Kier alpha value is -0.723. The van der Waals surface area contributed by atoms with E-state index in [1.807, 2.05) is 0 Å². The van der Waals surface area contributed by atoms with Crippen LogP contribution in [0.5, 0.6) is 0 Å². The molecule has 0 bridgehead atoms. The third-order valence-corrected chi connectivity index (χ3v) is 13.8. The van der Waals surface area contributed by atoms with Gasteiger partial charge in [0.1, 0.15) is 0 Å². The molecule has 5 fully saturated rings. The van der Waals surface area contributed by atoms with E-state index in [1.165, 1.54) is 51.4 Å². The highest BCUT2D eigenvalue weighted by Gasteiger charge is 2.65. The van der Waals surface area contributed by atoms with Crippen LogP contribution in [0, 0.1) is 52.3 Å². The molecule has 6 heteroatoms. The van der Waals surface area contributed by atoms with E-state index in [0.717, 1.165) is 55.2 Å². The fourth-order valence-electron chi connectivity index (χ4n) is 10.9. The van der Waals surface area contributed by atoms with Gasteiger partial charge < -0.3 is 14.1 Å². The fraction of sp³-hybridized carbons (Fsp3) is 0.939. The van der Waals surface area contributed by atoms with Crippen LogP contribution < -0.4 is 0 Å². The summed E-state index contributed by atoms with van der Waals surface area (Å²) in [6.45, 7) is 17.4. The molecule has 0 aromatic carbocycles. The minimum absolute atomic E-state index is 0.119. The summed E-state index contributed by atoms with van der Waals surface area (Å²) >= 11 is 0. The Morgan fingerprint density at radius 1 is 1.00 bits per heavy atom. The first-order chi connectivity index (χ1) is 18.4. The molecule has 6 rings (SSSR count). The molecule has 0 unspecified atom stereocenters. The molecule has 220 valence electrons. The topological polar surface area (TPSA) is 68.4 Å². The maximum absolute atomic E-state index is 10.8. The predicted octanol–water partition coefficient (Wildman–Crippen LogP) is 8.00. The summed E-state index contributed by atoms with van der Waals surface area (Å²) in [4.78, 5) is 4.73. The summed E-state index contributed by atoms with van der Waals surface area (Å²) in [5.41, 5.74) is 0.747. The molecule has 0 saturated heterocycles. The van der Waals surface area contributed by atoms with E-state index in [1.54, 1.807) is 0 Å². The van der Waals surface area contributed by atoms with E-state index < -0.39 is 8.32 Å². The summed E-state index contributed by atoms with van der Waals surface area (Å²) in [7, 11) is -1.72. The van der Waals surface area contributed by atoms with Gasteiger partial charge in [-0.1, -0.05) is 39.3 Å². The van der Waals surface area contributed by atoms with Gasteiger partial charge in [0.2, 0.25) is 5.89 Å². The maximum Gasteiger partial charge on any atom is 0.226 e. The second-order valence-electron chi connectivity index (χ2n) is 16.2. The molecule has 1 N–H and O–H groups in total. The molecule has 5 aliphatic rings. The normalized spacial score (nSPS) is 44.9. The van der Waals surface area contributed by atoms with E-state index in [4.69, 9.17) is 13.9 Å². The lowest BCUT2D eigenvalue weighted by Gasteiger charge is -2.66. The highest BCUT2D eigenvalue weighted by molar-refractivity contribution is 6.69. The van der Waals surface area contributed by atoms with Crippen LogP contribution >= 0.6 is 0 Å². The van der Waals surface area contributed by atoms with Gasteiger partial charge in [-0.05, 0) is 136 Å². The van der Waals surface area contributed by atoms with Gasteiger partial charge in [-0.3, -0.25) is 0 Å². The number of aliphatic hydroxyl groups excluding tert-OH is 1. The average molecular weight is 557 g/mol. The van der Waals surface area contributed by atoms with E-state index >= 15 is 0 Å². The number of aryl methyl sites for hydroxylation is 1. The Morgan fingerprint density at radius 3 is 2.41 bits per heavy atom. The fourth-order valence-corrected chi connectivity index (χ4v) is 12.0. The lowest BCUT2D eigenvalue weighted by atomic mass is 9.41. The number of fused-ring (bicyclic) bond motifs is 5. The Labute approximate surface area is 238 Å². The second kappa shape index (κ2) is 10.2. The standard InChI is InChI=1S/C33H56N2O3Si/c1-8-23-27-19-22(36)15-17-33(27,4)26-16-18-32(3)24(12-13-25(32)29(26)30(23)38-39(5,6)7)20(2)9-14-28-34-31(35-37-28)21-10-11-21/h20-27,29-30,36H,8-19H2,1-7H3/t20-,22-,23-,24-,25+,26+,27+,29+,30-,32-,33-/m1/s1. The molecule has 1 aromatic heterocycles. The zero-order valence-electron chi connectivity index (χ0n) is 25.9. The summed E-state index contributed by atoms with van der Waals surface area (Å²) in [5, 5.41) is 15.1. The molecule has 0 radical (unpaired) electrons. The molecular formula is C33H56N2O3Si. The summed E-state index contributed by atoms with van der Waals surface area (Å²) in [6, 6.07) is 0. The van der Waals surface area contributed by atoms with Gasteiger partial charge in [-0.2, -0.15) is 4.98 Å². The van der Waals surface area contributed by atoms with Crippen LogP contribution in [-0.2, 0) is 10.8 Å². The van der Waals surface area contributed by atoms with Crippen molar-refractivity contribution in [2.45, 2.75) is 143 Å². The Bertz CT molecular complexity index is 1020. The smallest absolute Gasteiger partial charge is 0.226 e. The van der Waals surface area contributed by atoms with Gasteiger partial charge in [0, 0.05) is 12.3 Å². The third-order valence-electron chi connectivity index (χ3n) is 12.8. The Kier molecular flexibility index (Phi) is 7.44. The first kappa shape index (κ1) is 28.4. The van der Waals surface area contributed by atoms with Gasteiger partial charge in [-0.15, -0.1) is 0 Å². The molecule has 5 saturated carbocycles. The minimum atomic E-state index is -1.72. The van der Waals surface area contributed by atoms with Crippen molar-refractivity contribution >= 4 is 8.32 Å². The van der Waals surface area contributed by atoms with E-state index in [0.29, 0.717) is 46.5 Å².